The third kappa shape index (κ3) is 81.9. The number of hydrogen-bond donors (Lipinski definition) is 3. The highest BCUT2D eigenvalue weighted by Crippen LogP contribution is 2.45. The van der Waals surface area contributed by atoms with Gasteiger partial charge < -0.3 is 33.8 Å². The minimum absolute atomic E-state index is 0.0288. The largest absolute Gasteiger partial charge is 0.472 e. The molecule has 0 aliphatic carbocycles. The van der Waals surface area contributed by atoms with Gasteiger partial charge in [0.05, 0.1) is 26.4 Å². The molecule has 3 N–H and O–H groups in total. The van der Waals surface area contributed by atoms with Crippen molar-refractivity contribution in [2.75, 3.05) is 39.6 Å². The van der Waals surface area contributed by atoms with Crippen molar-refractivity contribution in [1.29, 1.82) is 0 Å². The van der Waals surface area contributed by atoms with Crippen LogP contribution in [0.4, 0.5) is 0 Å². The third-order valence-corrected chi connectivity index (χ3v) is 18.9. The van der Waals surface area contributed by atoms with Crippen molar-refractivity contribution in [1.82, 2.24) is 0 Å². The second-order valence-corrected chi connectivity index (χ2v) is 30.6. The molecule has 0 heterocycles. The van der Waals surface area contributed by atoms with Crippen LogP contribution in [0.5, 0.6) is 0 Å². The number of hydrogen-bond acceptors (Lipinski definition) is 15. The van der Waals surface area contributed by atoms with Crippen molar-refractivity contribution in [2.24, 2.45) is 0 Å². The monoisotopic (exact) mass is 1600 g/mol. The Morgan fingerprint density at radius 1 is 0.259 bits per heavy atom. The topological polar surface area (TPSA) is 237 Å². The molecule has 2 unspecified atom stereocenters. The first kappa shape index (κ1) is 106. The number of phosphoric acid groups is 2. The van der Waals surface area contributed by atoms with E-state index < -0.39 is 97.5 Å². The van der Waals surface area contributed by atoms with E-state index in [0.29, 0.717) is 38.5 Å². The first-order chi connectivity index (χ1) is 54.7. The van der Waals surface area contributed by atoms with E-state index in [0.717, 1.165) is 154 Å². The molecular formula is C93H150O17P2. The summed E-state index contributed by atoms with van der Waals surface area (Å²) in [7, 11) is -10.0. The molecule has 0 saturated heterocycles. The van der Waals surface area contributed by atoms with Crippen LogP contribution >= 0.6 is 15.6 Å². The molecule has 0 bridgehead atoms. The number of allylic oxidation sites excluding steroid dienone is 32. The maximum absolute atomic E-state index is 13.1. The van der Waals surface area contributed by atoms with Crippen LogP contribution in [0.2, 0.25) is 0 Å². The fourth-order valence-corrected chi connectivity index (χ4v) is 12.1. The summed E-state index contributed by atoms with van der Waals surface area (Å²) in [5.41, 5.74) is 0. The molecule has 5 atom stereocenters. The summed E-state index contributed by atoms with van der Waals surface area (Å²) in [6, 6.07) is 0. The first-order valence-electron chi connectivity index (χ1n) is 42.7. The molecule has 0 aliphatic heterocycles. The Balaban J connectivity index is 5.56. The van der Waals surface area contributed by atoms with Crippen molar-refractivity contribution in [3.8, 4) is 0 Å². The van der Waals surface area contributed by atoms with E-state index in [1.165, 1.54) is 64.2 Å². The first-order valence-corrected chi connectivity index (χ1v) is 45.7. The van der Waals surface area contributed by atoms with Crippen LogP contribution in [-0.2, 0) is 65.4 Å². The summed E-state index contributed by atoms with van der Waals surface area (Å²) in [5, 5.41) is 10.7. The highest BCUT2D eigenvalue weighted by atomic mass is 31.2. The molecule has 17 nitrogen and oxygen atoms in total. The van der Waals surface area contributed by atoms with Crippen molar-refractivity contribution < 1.29 is 80.2 Å². The highest BCUT2D eigenvalue weighted by Gasteiger charge is 2.30. The van der Waals surface area contributed by atoms with Gasteiger partial charge in [-0.05, 0) is 173 Å². The molecule has 0 aromatic rings. The number of ether oxygens (including phenoxy) is 4. The number of rotatable bonds is 78. The minimum Gasteiger partial charge on any atom is -0.462 e. The highest BCUT2D eigenvalue weighted by molar-refractivity contribution is 7.47. The summed E-state index contributed by atoms with van der Waals surface area (Å²) in [6.45, 7) is 4.48. The van der Waals surface area contributed by atoms with Gasteiger partial charge in [-0.15, -0.1) is 0 Å². The Labute approximate surface area is 678 Å². The second kappa shape index (κ2) is 82.9. The number of esters is 4. The van der Waals surface area contributed by atoms with Crippen LogP contribution in [0.3, 0.4) is 0 Å². The van der Waals surface area contributed by atoms with Crippen LogP contribution in [0.1, 0.15) is 310 Å². The van der Waals surface area contributed by atoms with Crippen LogP contribution in [0, 0.1) is 0 Å². The van der Waals surface area contributed by atoms with Crippen molar-refractivity contribution in [2.45, 2.75) is 329 Å². The van der Waals surface area contributed by atoms with Gasteiger partial charge in [0.25, 0.3) is 0 Å². The summed E-state index contributed by atoms with van der Waals surface area (Å²) in [4.78, 5) is 73.2. The quantitative estimate of drug-likeness (QED) is 0.0169. The van der Waals surface area contributed by atoms with Crippen LogP contribution in [0.15, 0.2) is 194 Å². The lowest BCUT2D eigenvalue weighted by Gasteiger charge is -2.21. The van der Waals surface area contributed by atoms with Crippen molar-refractivity contribution in [3.05, 3.63) is 194 Å². The van der Waals surface area contributed by atoms with Gasteiger partial charge >= 0.3 is 39.5 Å². The van der Waals surface area contributed by atoms with Crippen LogP contribution < -0.4 is 0 Å². The standard InChI is InChI=1S/C93H150O17P2/c1-5-9-13-17-21-25-29-33-37-40-43-46-50-53-57-61-65-69-73-77-90(95)103-83-88(109-92(97)79-75-71-67-63-59-55-49-36-32-28-24-20-16-12-8-4)85-107-111(99,100)105-81-87(94)82-106-112(101,102)108-86-89(110-93(98)80-76-72-68-64-60-56-52-48-45-42-39-35-31-27-23-19-15-11-7-3)84-104-91(96)78-74-70-66-62-58-54-51-47-44-41-38-34-30-26-22-18-14-10-6-2/h10,14,21-23,25-28,32-35,37-39,43-48,53-54,56-58,60,65,68-69,72,87-89,94H,5-9,11-13,15-20,24,29-31,36,40-42,49-52,55,59,61-64,66-67,70-71,73-86H2,1-4H3,(H,99,100)(H,101,102)/b14-10-,25-21-,26-22-,27-23-,32-28-,37-33-,38-34-,39-35-,46-43-,47-44-,48-45-,57-53-,58-54-,60-56-,69-65-,72-68-/t87-,88+,89+/m0/s1. The zero-order chi connectivity index (χ0) is 81.7. The third-order valence-electron chi connectivity index (χ3n) is 17.0. The maximum atomic E-state index is 13.1. The van der Waals surface area contributed by atoms with Gasteiger partial charge in [0.15, 0.2) is 12.2 Å². The molecule has 19 heteroatoms. The fraction of sp³-hybridized carbons (Fsp3) is 0.613. The van der Waals surface area contributed by atoms with Gasteiger partial charge in [-0.3, -0.25) is 37.3 Å². The molecule has 0 radical (unpaired) electrons. The Morgan fingerprint density at radius 3 is 0.821 bits per heavy atom. The van der Waals surface area contributed by atoms with Gasteiger partial charge in [0.2, 0.25) is 0 Å². The zero-order valence-corrected chi connectivity index (χ0v) is 71.3. The van der Waals surface area contributed by atoms with E-state index in [1.807, 2.05) is 30.4 Å². The zero-order valence-electron chi connectivity index (χ0n) is 69.5. The molecule has 0 aliphatic rings. The predicted octanol–water partition coefficient (Wildman–Crippen LogP) is 25.7. The molecule has 0 amide bonds. The van der Waals surface area contributed by atoms with Gasteiger partial charge in [-0.1, -0.05) is 306 Å². The average molecular weight is 1600 g/mol. The normalized spacial score (nSPS) is 14.7. The summed E-state index contributed by atoms with van der Waals surface area (Å²) in [6.07, 6.45) is 103. The molecule has 0 rings (SSSR count). The average Bonchev–Trinajstić information content (AvgIpc) is 0.898. The number of carbonyl (C=O) groups excluding carboxylic acids is 4. The molecule has 0 fully saturated rings. The Kier molecular flexibility index (Phi) is 78.4. The predicted molar refractivity (Wildman–Crippen MR) is 463 cm³/mol. The van der Waals surface area contributed by atoms with Crippen molar-refractivity contribution in [3.63, 3.8) is 0 Å². The Hall–Kier alpha value is -6.10. The second-order valence-electron chi connectivity index (χ2n) is 27.7. The number of unbranched alkanes of at least 4 members (excludes halogenated alkanes) is 20. The SMILES string of the molecule is CC/C=C\C/C=C\C/C=C\C/C=C\C/C=C\CCCCCC(=O)OC[C@H](COP(=O)(O)OC[C@@H](O)COP(=O)(O)OC[C@@H](COC(=O)CC/C=C\C/C=C\C/C=C\C/C=C\C/C=C\CCCCC)OC(=O)CCCCCCCCC/C=C\CCCCCC)OC(=O)CC/C=C\C/C=C\C/C=C\C/C=C\C/C=C\CCCCC. The Morgan fingerprint density at radius 2 is 0.482 bits per heavy atom. The van der Waals surface area contributed by atoms with E-state index in [-0.39, 0.29) is 25.7 Å². The number of aliphatic hydroxyl groups is 1. The van der Waals surface area contributed by atoms with Crippen molar-refractivity contribution >= 4 is 39.5 Å². The molecule has 634 valence electrons. The summed E-state index contributed by atoms with van der Waals surface area (Å²) >= 11 is 0. The lowest BCUT2D eigenvalue weighted by molar-refractivity contribution is -0.161. The number of phosphoric ester groups is 2. The fourth-order valence-electron chi connectivity index (χ4n) is 10.6. The minimum atomic E-state index is -5.03. The molecule has 0 aromatic carbocycles. The van der Waals surface area contributed by atoms with Crippen LogP contribution in [0.25, 0.3) is 0 Å². The lowest BCUT2D eigenvalue weighted by atomic mass is 10.1. The van der Waals surface area contributed by atoms with E-state index in [9.17, 15) is 43.2 Å². The van der Waals surface area contributed by atoms with Gasteiger partial charge in [0.1, 0.15) is 19.3 Å². The lowest BCUT2D eigenvalue weighted by Crippen LogP contribution is -2.30. The summed E-state index contributed by atoms with van der Waals surface area (Å²) < 4.78 is 68.6. The maximum Gasteiger partial charge on any atom is 0.472 e. The smallest absolute Gasteiger partial charge is 0.462 e. The molecule has 0 saturated carbocycles. The van der Waals surface area contributed by atoms with Gasteiger partial charge in [-0.25, -0.2) is 9.13 Å². The molecule has 112 heavy (non-hydrogen) atoms. The van der Waals surface area contributed by atoms with Crippen LogP contribution in [-0.4, -0.2) is 96.7 Å². The van der Waals surface area contributed by atoms with Gasteiger partial charge in [-0.2, -0.15) is 0 Å². The summed E-state index contributed by atoms with van der Waals surface area (Å²) in [5.74, 6) is -2.42. The molecule has 0 aromatic heterocycles. The number of carbonyl (C=O) groups is 4. The van der Waals surface area contributed by atoms with E-state index >= 15 is 0 Å². The van der Waals surface area contributed by atoms with E-state index in [2.05, 4.69) is 192 Å². The number of aliphatic hydroxyl groups excluding tert-OH is 1. The van der Waals surface area contributed by atoms with E-state index in [1.54, 1.807) is 0 Å². The molecule has 0 spiro atoms. The molecular weight excluding hydrogens is 1450 g/mol. The van der Waals surface area contributed by atoms with E-state index in [4.69, 9.17) is 37.0 Å². The van der Waals surface area contributed by atoms with Gasteiger partial charge in [0, 0.05) is 25.7 Å². The Bertz CT molecular complexity index is 2890.